The number of aromatic nitrogens is 2. The molecule has 12 heavy (non-hydrogen) atoms. The van der Waals surface area contributed by atoms with E-state index in [2.05, 4.69) is 9.97 Å². The second kappa shape index (κ2) is 2.48. The van der Waals surface area contributed by atoms with Crippen LogP contribution in [0.1, 0.15) is 11.5 Å². The molecular formula is C8H7FN2S. The maximum Gasteiger partial charge on any atom is 0.179 e. The monoisotopic (exact) mass is 182 g/mol. The van der Waals surface area contributed by atoms with Gasteiger partial charge >= 0.3 is 0 Å². The summed E-state index contributed by atoms with van der Waals surface area (Å²) >= 11 is 1.06. The molecule has 4 heteroatoms. The van der Waals surface area contributed by atoms with E-state index in [-0.39, 0.29) is 5.13 Å². The SMILES string of the molecule is Cc1nc(C)c2cc(F)sc2n1. The Morgan fingerprint density at radius 1 is 1.33 bits per heavy atom. The van der Waals surface area contributed by atoms with Gasteiger partial charge in [-0.15, -0.1) is 0 Å². The highest BCUT2D eigenvalue weighted by molar-refractivity contribution is 7.17. The van der Waals surface area contributed by atoms with E-state index in [1.807, 2.05) is 13.8 Å². The van der Waals surface area contributed by atoms with Gasteiger partial charge in [0.2, 0.25) is 0 Å². The minimum absolute atomic E-state index is 0.201. The van der Waals surface area contributed by atoms with E-state index in [0.717, 1.165) is 27.2 Å². The van der Waals surface area contributed by atoms with Crippen LogP contribution in [0.4, 0.5) is 4.39 Å². The number of rotatable bonds is 0. The Labute approximate surface area is 73.1 Å². The molecule has 0 unspecified atom stereocenters. The third kappa shape index (κ3) is 1.08. The van der Waals surface area contributed by atoms with Crippen LogP contribution in [0.5, 0.6) is 0 Å². The summed E-state index contributed by atoms with van der Waals surface area (Å²) in [5, 5.41) is 0.621. The van der Waals surface area contributed by atoms with E-state index in [4.69, 9.17) is 0 Å². The molecule has 62 valence electrons. The fraction of sp³-hybridized carbons (Fsp3) is 0.250. The summed E-state index contributed by atoms with van der Waals surface area (Å²) in [4.78, 5) is 9.00. The molecule has 0 atom stereocenters. The average Bonchev–Trinajstić information content (AvgIpc) is 2.29. The first-order valence-corrected chi connectivity index (χ1v) is 4.39. The molecule has 0 aliphatic heterocycles. The summed E-state index contributed by atoms with van der Waals surface area (Å²) in [6.07, 6.45) is 0. The quantitative estimate of drug-likeness (QED) is 0.625. The molecule has 0 saturated heterocycles. The van der Waals surface area contributed by atoms with Crippen LogP contribution in [-0.4, -0.2) is 9.97 Å². The Balaban J connectivity index is 2.88. The molecule has 0 bridgehead atoms. The number of fused-ring (bicyclic) bond motifs is 1. The number of hydrogen-bond donors (Lipinski definition) is 0. The number of thiophene rings is 1. The summed E-state index contributed by atoms with van der Waals surface area (Å²) in [5.74, 6) is 0.696. The second-order valence-electron chi connectivity index (χ2n) is 2.63. The van der Waals surface area contributed by atoms with Crippen molar-refractivity contribution in [1.29, 1.82) is 0 Å². The van der Waals surface area contributed by atoms with Crippen LogP contribution in [0.2, 0.25) is 0 Å². The lowest BCUT2D eigenvalue weighted by Crippen LogP contribution is -1.89. The highest BCUT2D eigenvalue weighted by atomic mass is 32.1. The topological polar surface area (TPSA) is 25.8 Å². The van der Waals surface area contributed by atoms with Crippen LogP contribution < -0.4 is 0 Å². The van der Waals surface area contributed by atoms with Gasteiger partial charge in [-0.25, -0.2) is 9.97 Å². The predicted octanol–water partition coefficient (Wildman–Crippen LogP) is 2.45. The minimum atomic E-state index is -0.201. The lowest BCUT2D eigenvalue weighted by Gasteiger charge is -1.95. The summed E-state index contributed by atoms with van der Waals surface area (Å²) in [7, 11) is 0. The van der Waals surface area contributed by atoms with Gasteiger partial charge in [0.15, 0.2) is 5.13 Å². The normalized spacial score (nSPS) is 10.9. The van der Waals surface area contributed by atoms with Crippen molar-refractivity contribution >= 4 is 21.6 Å². The molecule has 0 aromatic carbocycles. The summed E-state index contributed by atoms with van der Waals surface area (Å²) in [6, 6.07) is 1.48. The van der Waals surface area contributed by atoms with Gasteiger partial charge in [0.25, 0.3) is 0 Å². The number of hydrogen-bond acceptors (Lipinski definition) is 3. The molecule has 0 aliphatic rings. The predicted molar refractivity (Wildman–Crippen MR) is 46.8 cm³/mol. The molecule has 0 N–H and O–H groups in total. The zero-order valence-corrected chi connectivity index (χ0v) is 7.57. The van der Waals surface area contributed by atoms with E-state index in [1.54, 1.807) is 0 Å². The van der Waals surface area contributed by atoms with Crippen molar-refractivity contribution in [3.63, 3.8) is 0 Å². The van der Waals surface area contributed by atoms with Crippen LogP contribution in [0.3, 0.4) is 0 Å². The maximum absolute atomic E-state index is 12.8. The van der Waals surface area contributed by atoms with Crippen molar-refractivity contribution in [3.8, 4) is 0 Å². The molecule has 2 aromatic rings. The minimum Gasteiger partial charge on any atom is -0.238 e. The van der Waals surface area contributed by atoms with Crippen LogP contribution in [0, 0.1) is 19.0 Å². The van der Waals surface area contributed by atoms with Gasteiger partial charge in [-0.05, 0) is 19.9 Å². The Morgan fingerprint density at radius 3 is 2.83 bits per heavy atom. The molecule has 0 radical (unpaired) electrons. The van der Waals surface area contributed by atoms with E-state index >= 15 is 0 Å². The van der Waals surface area contributed by atoms with Crippen LogP contribution in [0.25, 0.3) is 10.2 Å². The van der Waals surface area contributed by atoms with Crippen molar-refractivity contribution < 1.29 is 4.39 Å². The van der Waals surface area contributed by atoms with Crippen molar-refractivity contribution in [2.24, 2.45) is 0 Å². The lowest BCUT2D eigenvalue weighted by molar-refractivity contribution is 0.658. The van der Waals surface area contributed by atoms with E-state index < -0.39 is 0 Å². The Bertz CT molecular complexity index is 436. The second-order valence-corrected chi connectivity index (χ2v) is 3.61. The van der Waals surface area contributed by atoms with Gasteiger partial charge in [0.1, 0.15) is 10.7 Å². The first kappa shape index (κ1) is 7.61. The van der Waals surface area contributed by atoms with Crippen LogP contribution in [-0.2, 0) is 0 Å². The van der Waals surface area contributed by atoms with Crippen molar-refractivity contribution in [2.45, 2.75) is 13.8 Å². The molecule has 0 amide bonds. The number of halogens is 1. The molecule has 2 nitrogen and oxygen atoms in total. The van der Waals surface area contributed by atoms with Gasteiger partial charge in [-0.1, -0.05) is 11.3 Å². The van der Waals surface area contributed by atoms with Gasteiger partial charge in [-0.3, -0.25) is 0 Å². The summed E-state index contributed by atoms with van der Waals surface area (Å²) in [6.45, 7) is 3.67. The van der Waals surface area contributed by atoms with Gasteiger partial charge in [-0.2, -0.15) is 4.39 Å². The van der Waals surface area contributed by atoms with Crippen LogP contribution >= 0.6 is 11.3 Å². The standard InChI is InChI=1S/C8H7FN2S/c1-4-6-3-7(9)12-8(6)11-5(2)10-4/h3H,1-2H3. The summed E-state index contributed by atoms with van der Waals surface area (Å²) < 4.78 is 12.8. The molecule has 0 aliphatic carbocycles. The zero-order valence-electron chi connectivity index (χ0n) is 6.76. The Kier molecular flexibility index (Phi) is 1.58. The van der Waals surface area contributed by atoms with Gasteiger partial charge in [0, 0.05) is 11.1 Å². The van der Waals surface area contributed by atoms with Crippen molar-refractivity contribution in [1.82, 2.24) is 9.97 Å². The smallest absolute Gasteiger partial charge is 0.179 e. The Morgan fingerprint density at radius 2 is 2.08 bits per heavy atom. The summed E-state index contributed by atoms with van der Waals surface area (Å²) in [5.41, 5.74) is 0.845. The zero-order chi connectivity index (χ0) is 8.72. The molecule has 2 heterocycles. The first-order chi connectivity index (χ1) is 5.66. The largest absolute Gasteiger partial charge is 0.238 e. The van der Waals surface area contributed by atoms with E-state index in [9.17, 15) is 4.39 Å². The lowest BCUT2D eigenvalue weighted by atomic mass is 10.3. The molecule has 0 saturated carbocycles. The fourth-order valence-corrected chi connectivity index (χ4v) is 2.02. The van der Waals surface area contributed by atoms with E-state index in [1.165, 1.54) is 6.07 Å². The average molecular weight is 182 g/mol. The molecule has 0 spiro atoms. The maximum atomic E-state index is 12.8. The third-order valence-corrected chi connectivity index (χ3v) is 2.48. The molecular weight excluding hydrogens is 175 g/mol. The van der Waals surface area contributed by atoms with Crippen LogP contribution in [0.15, 0.2) is 6.07 Å². The number of nitrogens with zero attached hydrogens (tertiary/aromatic N) is 2. The third-order valence-electron chi connectivity index (χ3n) is 1.67. The van der Waals surface area contributed by atoms with Gasteiger partial charge < -0.3 is 0 Å². The molecule has 2 rings (SSSR count). The van der Waals surface area contributed by atoms with Crippen molar-refractivity contribution in [3.05, 3.63) is 22.7 Å². The number of aryl methyl sites for hydroxylation is 2. The Hall–Kier alpha value is -1.03. The molecule has 0 fully saturated rings. The highest BCUT2D eigenvalue weighted by Crippen LogP contribution is 2.23. The van der Waals surface area contributed by atoms with E-state index in [0.29, 0.717) is 5.82 Å². The van der Waals surface area contributed by atoms with Crippen molar-refractivity contribution in [2.75, 3.05) is 0 Å². The molecule has 2 aromatic heterocycles. The van der Waals surface area contributed by atoms with Gasteiger partial charge in [0.05, 0.1) is 0 Å². The highest BCUT2D eigenvalue weighted by Gasteiger charge is 2.06. The first-order valence-electron chi connectivity index (χ1n) is 3.57. The fourth-order valence-electron chi connectivity index (χ4n) is 1.17.